The van der Waals surface area contributed by atoms with Crippen molar-refractivity contribution in [3.05, 3.63) is 12.3 Å². The molecule has 0 fully saturated rings. The first kappa shape index (κ1) is 21.2. The predicted octanol–water partition coefficient (Wildman–Crippen LogP) is 4.24. The maximum absolute atomic E-state index is 12.9. The Morgan fingerprint density at radius 3 is 2.52 bits per heavy atom. The molecule has 25 heavy (non-hydrogen) atoms. The van der Waals surface area contributed by atoms with Gasteiger partial charge in [-0.1, -0.05) is 58.0 Å². The normalized spacial score (nSPS) is 12.0. The average molecular weight is 351 g/mol. The minimum atomic E-state index is -0.233. The summed E-state index contributed by atoms with van der Waals surface area (Å²) in [5.41, 5.74) is 0. The van der Waals surface area contributed by atoms with Gasteiger partial charge in [-0.15, -0.1) is 0 Å². The minimum absolute atomic E-state index is 0.00553. The van der Waals surface area contributed by atoms with Gasteiger partial charge >= 0.3 is 0 Å². The molecule has 0 aromatic carbocycles. The zero-order valence-electron chi connectivity index (χ0n) is 15.9. The Kier molecular flexibility index (Phi) is 10.6. The Morgan fingerprint density at radius 1 is 1.16 bits per heavy atom. The van der Waals surface area contributed by atoms with E-state index in [4.69, 9.17) is 4.52 Å². The zero-order valence-corrected chi connectivity index (χ0v) is 15.9. The number of amides is 2. The number of aromatic nitrogens is 1. The molecule has 6 nitrogen and oxygen atoms in total. The number of unbranched alkanes of at least 4 members (excludes halogenated alkanes) is 4. The van der Waals surface area contributed by atoms with Crippen LogP contribution in [0.5, 0.6) is 0 Å². The topological polar surface area (TPSA) is 75.4 Å². The number of anilines is 1. The Balaban J connectivity index is 2.65. The van der Waals surface area contributed by atoms with E-state index in [9.17, 15) is 9.59 Å². The number of carbonyl (C=O) groups is 2. The average Bonchev–Trinajstić information content (AvgIpc) is 3.11. The summed E-state index contributed by atoms with van der Waals surface area (Å²) in [5.74, 6) is 0.248. The molecule has 1 N–H and O–H groups in total. The van der Waals surface area contributed by atoms with Crippen LogP contribution in [0.2, 0.25) is 0 Å². The van der Waals surface area contributed by atoms with E-state index in [1.807, 2.05) is 6.92 Å². The largest absolute Gasteiger partial charge is 0.363 e. The van der Waals surface area contributed by atoms with Crippen LogP contribution in [-0.2, 0) is 9.59 Å². The maximum Gasteiger partial charge on any atom is 0.245 e. The van der Waals surface area contributed by atoms with Gasteiger partial charge in [0.2, 0.25) is 11.8 Å². The van der Waals surface area contributed by atoms with Crippen molar-refractivity contribution in [1.29, 1.82) is 0 Å². The van der Waals surface area contributed by atoms with Gasteiger partial charge < -0.3 is 14.7 Å². The molecule has 0 aliphatic rings. The van der Waals surface area contributed by atoms with Gasteiger partial charge in [0, 0.05) is 18.5 Å². The van der Waals surface area contributed by atoms with Crippen LogP contribution in [-0.4, -0.2) is 35.0 Å². The standard InChI is InChI=1S/C19H33N3O3/c1-4-7-9-10-13-22(19(24)16(6-3)11-8-5-2)15-18(23)20-17-12-14-25-21-17/h12,14,16H,4-11,13,15H2,1-3H3,(H,20,21,23). The molecule has 1 aromatic heterocycles. The van der Waals surface area contributed by atoms with Crippen molar-refractivity contribution in [3.63, 3.8) is 0 Å². The fourth-order valence-corrected chi connectivity index (χ4v) is 2.84. The highest BCUT2D eigenvalue weighted by molar-refractivity contribution is 5.94. The lowest BCUT2D eigenvalue weighted by atomic mass is 9.97. The van der Waals surface area contributed by atoms with Crippen LogP contribution >= 0.6 is 0 Å². The quantitative estimate of drug-likeness (QED) is 0.539. The van der Waals surface area contributed by atoms with Crippen LogP contribution in [0.25, 0.3) is 0 Å². The zero-order chi connectivity index (χ0) is 18.5. The van der Waals surface area contributed by atoms with Crippen LogP contribution in [0.4, 0.5) is 5.82 Å². The maximum atomic E-state index is 12.9. The van der Waals surface area contributed by atoms with E-state index in [1.165, 1.54) is 6.26 Å². The van der Waals surface area contributed by atoms with Crippen LogP contribution in [0.3, 0.4) is 0 Å². The summed E-state index contributed by atoms with van der Waals surface area (Å²) in [4.78, 5) is 26.9. The van der Waals surface area contributed by atoms with E-state index in [0.717, 1.165) is 51.4 Å². The van der Waals surface area contributed by atoms with Gasteiger partial charge in [0.15, 0.2) is 5.82 Å². The van der Waals surface area contributed by atoms with E-state index in [0.29, 0.717) is 12.4 Å². The molecule has 142 valence electrons. The smallest absolute Gasteiger partial charge is 0.245 e. The van der Waals surface area contributed by atoms with Crippen molar-refractivity contribution in [2.75, 3.05) is 18.4 Å². The molecule has 1 aromatic rings. The second-order valence-corrected chi connectivity index (χ2v) is 6.50. The van der Waals surface area contributed by atoms with Crippen molar-refractivity contribution < 1.29 is 14.1 Å². The minimum Gasteiger partial charge on any atom is -0.363 e. The van der Waals surface area contributed by atoms with Crippen LogP contribution < -0.4 is 5.32 Å². The predicted molar refractivity (Wildman–Crippen MR) is 99.2 cm³/mol. The van der Waals surface area contributed by atoms with Crippen molar-refractivity contribution in [2.24, 2.45) is 5.92 Å². The van der Waals surface area contributed by atoms with E-state index in [-0.39, 0.29) is 24.3 Å². The van der Waals surface area contributed by atoms with Gasteiger partial charge in [0.1, 0.15) is 6.26 Å². The van der Waals surface area contributed by atoms with E-state index in [1.54, 1.807) is 11.0 Å². The molecule has 0 bridgehead atoms. The lowest BCUT2D eigenvalue weighted by Gasteiger charge is -2.26. The monoisotopic (exact) mass is 351 g/mol. The highest BCUT2D eigenvalue weighted by Gasteiger charge is 2.24. The number of hydrogen-bond acceptors (Lipinski definition) is 4. The van der Waals surface area contributed by atoms with E-state index < -0.39 is 0 Å². The molecule has 0 saturated carbocycles. The molecule has 0 saturated heterocycles. The molecule has 0 radical (unpaired) electrons. The third-order valence-electron chi connectivity index (χ3n) is 4.38. The fraction of sp³-hybridized carbons (Fsp3) is 0.737. The van der Waals surface area contributed by atoms with Gasteiger partial charge in [0.25, 0.3) is 0 Å². The van der Waals surface area contributed by atoms with Gasteiger partial charge in [0.05, 0.1) is 6.54 Å². The third kappa shape index (κ3) is 8.18. The number of rotatable bonds is 13. The number of nitrogens with zero attached hydrogens (tertiary/aromatic N) is 2. The number of nitrogens with one attached hydrogen (secondary N) is 1. The van der Waals surface area contributed by atoms with E-state index in [2.05, 4.69) is 24.3 Å². The summed E-state index contributed by atoms with van der Waals surface area (Å²) < 4.78 is 4.71. The lowest BCUT2D eigenvalue weighted by Crippen LogP contribution is -2.42. The highest BCUT2D eigenvalue weighted by atomic mass is 16.5. The molecule has 0 spiro atoms. The summed E-state index contributed by atoms with van der Waals surface area (Å²) >= 11 is 0. The molecule has 1 rings (SSSR count). The molecular weight excluding hydrogens is 318 g/mol. The van der Waals surface area contributed by atoms with E-state index >= 15 is 0 Å². The first-order valence-electron chi connectivity index (χ1n) is 9.61. The van der Waals surface area contributed by atoms with Gasteiger partial charge in [-0.05, 0) is 19.3 Å². The second-order valence-electron chi connectivity index (χ2n) is 6.50. The third-order valence-corrected chi connectivity index (χ3v) is 4.38. The first-order valence-corrected chi connectivity index (χ1v) is 9.61. The number of carbonyl (C=O) groups excluding carboxylic acids is 2. The summed E-state index contributed by atoms with van der Waals surface area (Å²) in [6.45, 7) is 7.04. The van der Waals surface area contributed by atoms with Crippen molar-refractivity contribution >= 4 is 17.6 Å². The molecule has 1 atom stereocenters. The van der Waals surface area contributed by atoms with Crippen LogP contribution in [0.15, 0.2) is 16.9 Å². The fourth-order valence-electron chi connectivity index (χ4n) is 2.84. The molecule has 6 heteroatoms. The molecule has 1 unspecified atom stereocenters. The number of hydrogen-bond donors (Lipinski definition) is 1. The highest BCUT2D eigenvalue weighted by Crippen LogP contribution is 2.17. The Hall–Kier alpha value is -1.85. The van der Waals surface area contributed by atoms with Crippen molar-refractivity contribution in [2.45, 2.75) is 72.1 Å². The summed E-state index contributed by atoms with van der Waals surface area (Å²) in [6, 6.07) is 1.58. The molecule has 0 aliphatic heterocycles. The van der Waals surface area contributed by atoms with Crippen molar-refractivity contribution in [1.82, 2.24) is 10.1 Å². The Bertz CT molecular complexity index is 488. The Labute approximate surface area is 151 Å². The van der Waals surface area contributed by atoms with Crippen LogP contribution in [0.1, 0.15) is 72.1 Å². The summed E-state index contributed by atoms with van der Waals surface area (Å²) in [6.07, 6.45) is 9.54. The molecule has 2 amide bonds. The SMILES string of the molecule is CCCCCCN(CC(=O)Nc1ccon1)C(=O)C(CC)CCCC. The molecule has 0 aliphatic carbocycles. The molecular formula is C19H33N3O3. The van der Waals surface area contributed by atoms with Gasteiger partial charge in [-0.3, -0.25) is 9.59 Å². The Morgan fingerprint density at radius 2 is 1.92 bits per heavy atom. The second kappa shape index (κ2) is 12.5. The summed E-state index contributed by atoms with van der Waals surface area (Å²) in [5, 5.41) is 6.35. The van der Waals surface area contributed by atoms with Gasteiger partial charge in [-0.25, -0.2) is 0 Å². The van der Waals surface area contributed by atoms with Crippen LogP contribution in [0, 0.1) is 5.92 Å². The first-order chi connectivity index (χ1) is 12.1. The molecule has 1 heterocycles. The van der Waals surface area contributed by atoms with Gasteiger partial charge in [-0.2, -0.15) is 0 Å². The van der Waals surface area contributed by atoms with Crippen molar-refractivity contribution in [3.8, 4) is 0 Å². The lowest BCUT2D eigenvalue weighted by molar-refractivity contribution is -0.138. The summed E-state index contributed by atoms with van der Waals surface area (Å²) in [7, 11) is 0.